The van der Waals surface area contributed by atoms with Gasteiger partial charge in [-0.05, 0) is 12.1 Å². The first-order chi connectivity index (χ1) is 6.79. The van der Waals surface area contributed by atoms with Crippen molar-refractivity contribution in [1.82, 2.24) is 10.1 Å². The van der Waals surface area contributed by atoms with Gasteiger partial charge in [0.05, 0.1) is 5.69 Å². The van der Waals surface area contributed by atoms with E-state index in [4.69, 9.17) is 10.3 Å². The van der Waals surface area contributed by atoms with Crippen molar-refractivity contribution < 1.29 is 4.52 Å². The molecular weight excluding hydrogens is 178 g/mol. The van der Waals surface area contributed by atoms with Crippen LogP contribution in [0.1, 0.15) is 12.7 Å². The molecule has 4 nitrogen and oxygen atoms in total. The van der Waals surface area contributed by atoms with E-state index in [0.717, 1.165) is 23.6 Å². The summed E-state index contributed by atoms with van der Waals surface area (Å²) in [5.41, 5.74) is 7.04. The van der Waals surface area contributed by atoms with Gasteiger partial charge in [-0.2, -0.15) is 0 Å². The van der Waals surface area contributed by atoms with Crippen LogP contribution in [0.3, 0.4) is 0 Å². The predicted molar refractivity (Wildman–Crippen MR) is 53.5 cm³/mol. The van der Waals surface area contributed by atoms with E-state index in [9.17, 15) is 0 Å². The summed E-state index contributed by atoms with van der Waals surface area (Å²) in [6.45, 7) is 2.01. The fourth-order valence-corrected chi connectivity index (χ4v) is 1.19. The molecule has 2 aromatic rings. The first-order valence-electron chi connectivity index (χ1n) is 4.48. The molecule has 2 rings (SSSR count). The van der Waals surface area contributed by atoms with Crippen LogP contribution in [0.15, 0.2) is 28.8 Å². The molecule has 0 bridgehead atoms. The first kappa shape index (κ1) is 8.74. The summed E-state index contributed by atoms with van der Waals surface area (Å²) in [4.78, 5) is 4.15. The predicted octanol–water partition coefficient (Wildman–Crippen LogP) is 1.88. The Kier molecular flexibility index (Phi) is 2.18. The Hall–Kier alpha value is -1.84. The van der Waals surface area contributed by atoms with Gasteiger partial charge in [0.25, 0.3) is 0 Å². The zero-order chi connectivity index (χ0) is 9.97. The molecule has 2 N–H and O–H groups in total. The number of nitrogens with two attached hydrogens (primary N) is 1. The lowest BCUT2D eigenvalue weighted by Gasteiger charge is -1.94. The van der Waals surface area contributed by atoms with Gasteiger partial charge in [0.15, 0.2) is 0 Å². The summed E-state index contributed by atoms with van der Waals surface area (Å²) in [5, 5.41) is 3.91. The second kappa shape index (κ2) is 3.49. The van der Waals surface area contributed by atoms with Crippen molar-refractivity contribution >= 4 is 5.82 Å². The third kappa shape index (κ3) is 1.59. The Balaban J connectivity index is 2.39. The summed E-state index contributed by atoms with van der Waals surface area (Å²) >= 11 is 0. The molecule has 0 atom stereocenters. The highest BCUT2D eigenvalue weighted by Crippen LogP contribution is 2.17. The van der Waals surface area contributed by atoms with Crippen molar-refractivity contribution in [1.29, 1.82) is 0 Å². The second-order valence-corrected chi connectivity index (χ2v) is 2.98. The van der Waals surface area contributed by atoms with Gasteiger partial charge in [-0.3, -0.25) is 0 Å². The molecule has 0 aromatic carbocycles. The summed E-state index contributed by atoms with van der Waals surface area (Å²) in [5.74, 6) is 1.34. The van der Waals surface area contributed by atoms with E-state index in [0.29, 0.717) is 5.82 Å². The quantitative estimate of drug-likeness (QED) is 0.783. The number of hydrogen-bond acceptors (Lipinski definition) is 4. The summed E-state index contributed by atoms with van der Waals surface area (Å²) in [6.07, 6.45) is 0.829. The second-order valence-electron chi connectivity index (χ2n) is 2.98. The van der Waals surface area contributed by atoms with Crippen LogP contribution in [0, 0.1) is 0 Å². The van der Waals surface area contributed by atoms with E-state index >= 15 is 0 Å². The molecule has 2 aromatic heterocycles. The largest absolute Gasteiger partial charge is 0.384 e. The maximum absolute atomic E-state index is 5.57. The van der Waals surface area contributed by atoms with Crippen LogP contribution >= 0.6 is 0 Å². The molecule has 0 aliphatic heterocycles. The number of nitrogens with zero attached hydrogens (tertiary/aromatic N) is 2. The molecule has 0 saturated heterocycles. The Morgan fingerprint density at radius 1 is 1.36 bits per heavy atom. The van der Waals surface area contributed by atoms with Crippen LogP contribution in [0.2, 0.25) is 0 Å². The van der Waals surface area contributed by atoms with Gasteiger partial charge >= 0.3 is 0 Å². The minimum Gasteiger partial charge on any atom is -0.384 e. The van der Waals surface area contributed by atoms with Crippen LogP contribution in [-0.2, 0) is 6.42 Å². The Morgan fingerprint density at radius 3 is 2.86 bits per heavy atom. The number of nitrogen functional groups attached to an aromatic ring is 1. The van der Waals surface area contributed by atoms with Crippen LogP contribution in [0.5, 0.6) is 0 Å². The average molecular weight is 189 g/mol. The molecule has 0 amide bonds. The molecule has 0 fully saturated rings. The van der Waals surface area contributed by atoms with E-state index in [1.807, 2.05) is 25.1 Å². The maximum Gasteiger partial charge on any atom is 0.137 e. The van der Waals surface area contributed by atoms with Crippen molar-refractivity contribution in [3.8, 4) is 11.4 Å². The molecule has 0 aliphatic rings. The monoisotopic (exact) mass is 189 g/mol. The minimum atomic E-state index is 0.489. The van der Waals surface area contributed by atoms with Gasteiger partial charge < -0.3 is 10.3 Å². The zero-order valence-corrected chi connectivity index (χ0v) is 7.90. The van der Waals surface area contributed by atoms with Crippen molar-refractivity contribution in [3.63, 3.8) is 0 Å². The lowest BCUT2D eigenvalue weighted by molar-refractivity contribution is 0.389. The molecule has 4 heteroatoms. The summed E-state index contributed by atoms with van der Waals surface area (Å²) in [7, 11) is 0. The van der Waals surface area contributed by atoms with Crippen LogP contribution in [0.25, 0.3) is 11.4 Å². The van der Waals surface area contributed by atoms with Gasteiger partial charge in [-0.25, -0.2) is 4.98 Å². The average Bonchev–Trinajstić information content (AvgIpc) is 2.66. The van der Waals surface area contributed by atoms with E-state index < -0.39 is 0 Å². The number of aryl methyl sites for hydroxylation is 1. The fourth-order valence-electron chi connectivity index (χ4n) is 1.19. The van der Waals surface area contributed by atoms with E-state index in [-0.39, 0.29) is 0 Å². The molecule has 0 unspecified atom stereocenters. The summed E-state index contributed by atoms with van der Waals surface area (Å²) < 4.78 is 5.08. The van der Waals surface area contributed by atoms with Crippen molar-refractivity contribution in [2.24, 2.45) is 0 Å². The molecule has 0 saturated carbocycles. The standard InChI is InChI=1S/C10H11N3O/c1-2-7-6-9(13-14-7)8-4-3-5-10(11)12-8/h3-6H,2H2,1H3,(H2,11,12). The van der Waals surface area contributed by atoms with Crippen molar-refractivity contribution in [3.05, 3.63) is 30.0 Å². The number of pyridine rings is 1. The summed E-state index contributed by atoms with van der Waals surface area (Å²) in [6, 6.07) is 7.32. The third-order valence-corrected chi connectivity index (χ3v) is 1.94. The highest BCUT2D eigenvalue weighted by Gasteiger charge is 2.05. The lowest BCUT2D eigenvalue weighted by atomic mass is 10.2. The highest BCUT2D eigenvalue weighted by atomic mass is 16.5. The van der Waals surface area contributed by atoms with Crippen molar-refractivity contribution in [2.45, 2.75) is 13.3 Å². The first-order valence-corrected chi connectivity index (χ1v) is 4.48. The molecule has 0 spiro atoms. The van der Waals surface area contributed by atoms with Crippen LogP contribution in [-0.4, -0.2) is 10.1 Å². The van der Waals surface area contributed by atoms with Gasteiger partial charge in [0.2, 0.25) is 0 Å². The smallest absolute Gasteiger partial charge is 0.137 e. The molecule has 0 radical (unpaired) electrons. The van der Waals surface area contributed by atoms with Crippen LogP contribution < -0.4 is 5.73 Å². The molecule has 72 valence electrons. The zero-order valence-electron chi connectivity index (χ0n) is 7.90. The molecular formula is C10H11N3O. The Morgan fingerprint density at radius 2 is 2.21 bits per heavy atom. The Labute approximate surface area is 81.7 Å². The highest BCUT2D eigenvalue weighted by molar-refractivity contribution is 5.55. The van der Waals surface area contributed by atoms with Gasteiger partial charge in [-0.1, -0.05) is 18.1 Å². The molecule has 0 aliphatic carbocycles. The van der Waals surface area contributed by atoms with Gasteiger partial charge in [0.1, 0.15) is 17.3 Å². The third-order valence-electron chi connectivity index (χ3n) is 1.94. The lowest BCUT2D eigenvalue weighted by Crippen LogP contribution is -1.91. The maximum atomic E-state index is 5.57. The topological polar surface area (TPSA) is 64.9 Å². The van der Waals surface area contributed by atoms with Crippen LogP contribution in [0.4, 0.5) is 5.82 Å². The number of hydrogen-bond donors (Lipinski definition) is 1. The number of anilines is 1. The van der Waals surface area contributed by atoms with Gasteiger partial charge in [0, 0.05) is 12.5 Å². The van der Waals surface area contributed by atoms with E-state index in [1.165, 1.54) is 0 Å². The van der Waals surface area contributed by atoms with Crippen molar-refractivity contribution in [2.75, 3.05) is 5.73 Å². The minimum absolute atomic E-state index is 0.489. The fraction of sp³-hybridized carbons (Fsp3) is 0.200. The molecule has 2 heterocycles. The normalized spacial score (nSPS) is 10.4. The van der Waals surface area contributed by atoms with E-state index in [1.54, 1.807) is 6.07 Å². The molecule has 14 heavy (non-hydrogen) atoms. The van der Waals surface area contributed by atoms with Gasteiger partial charge in [-0.15, -0.1) is 0 Å². The number of rotatable bonds is 2. The SMILES string of the molecule is CCc1cc(-c2cccc(N)n2)no1. The number of aromatic nitrogens is 2. The van der Waals surface area contributed by atoms with E-state index in [2.05, 4.69) is 10.1 Å². The Bertz CT molecular complexity index is 436.